The molecule has 1 aromatic rings. The monoisotopic (exact) mass is 180 g/mol. The second-order valence-corrected chi connectivity index (χ2v) is 3.20. The normalized spacial score (nSPS) is 12.6. The van der Waals surface area contributed by atoms with E-state index in [2.05, 4.69) is 23.8 Å². The molecule has 0 bridgehead atoms. The molecule has 0 aromatic carbocycles. The van der Waals surface area contributed by atoms with Crippen LogP contribution >= 0.6 is 0 Å². The Hall–Kier alpha value is -1.12. The van der Waals surface area contributed by atoms with Crippen molar-refractivity contribution in [3.63, 3.8) is 0 Å². The van der Waals surface area contributed by atoms with E-state index in [1.54, 1.807) is 13.3 Å². The first kappa shape index (κ1) is 9.96. The lowest BCUT2D eigenvalue weighted by molar-refractivity contribution is 0.390. The van der Waals surface area contributed by atoms with Gasteiger partial charge in [0.15, 0.2) is 0 Å². The van der Waals surface area contributed by atoms with E-state index in [4.69, 9.17) is 4.74 Å². The van der Waals surface area contributed by atoms with Gasteiger partial charge < -0.3 is 4.74 Å². The fourth-order valence-electron chi connectivity index (χ4n) is 1.14. The number of methoxy groups -OCH3 is 1. The van der Waals surface area contributed by atoms with Gasteiger partial charge in [-0.25, -0.2) is 4.98 Å². The van der Waals surface area contributed by atoms with Crippen molar-refractivity contribution in [2.45, 2.75) is 33.1 Å². The lowest BCUT2D eigenvalue weighted by atomic mass is 10.1. The van der Waals surface area contributed by atoms with E-state index in [9.17, 15) is 0 Å². The highest BCUT2D eigenvalue weighted by atomic mass is 16.5. The van der Waals surface area contributed by atoms with Crippen LogP contribution in [0.15, 0.2) is 6.20 Å². The molecule has 3 heteroatoms. The zero-order chi connectivity index (χ0) is 9.84. The highest BCUT2D eigenvalue weighted by Crippen LogP contribution is 2.18. The molecule has 0 aliphatic carbocycles. The lowest BCUT2D eigenvalue weighted by Gasteiger charge is -2.09. The van der Waals surface area contributed by atoms with E-state index >= 15 is 0 Å². The molecule has 1 aromatic heterocycles. The van der Waals surface area contributed by atoms with Crippen LogP contribution in [-0.2, 0) is 0 Å². The van der Waals surface area contributed by atoms with Crippen molar-refractivity contribution >= 4 is 0 Å². The molecule has 72 valence electrons. The van der Waals surface area contributed by atoms with Gasteiger partial charge in [-0.15, -0.1) is 0 Å². The Balaban J connectivity index is 2.95. The van der Waals surface area contributed by atoms with Crippen LogP contribution in [0.3, 0.4) is 0 Å². The lowest BCUT2D eigenvalue weighted by Crippen LogP contribution is -2.01. The molecule has 3 nitrogen and oxygen atoms in total. The van der Waals surface area contributed by atoms with Gasteiger partial charge in [0.25, 0.3) is 0 Å². The first-order valence-electron chi connectivity index (χ1n) is 4.56. The van der Waals surface area contributed by atoms with Crippen molar-refractivity contribution in [1.82, 2.24) is 9.97 Å². The summed E-state index contributed by atoms with van der Waals surface area (Å²) in [5.74, 6) is 1.09. The van der Waals surface area contributed by atoms with Crippen LogP contribution in [0.25, 0.3) is 0 Å². The van der Waals surface area contributed by atoms with E-state index in [1.165, 1.54) is 0 Å². The van der Waals surface area contributed by atoms with Crippen LogP contribution in [0.4, 0.5) is 0 Å². The summed E-state index contributed by atoms with van der Waals surface area (Å²) >= 11 is 0. The maximum absolute atomic E-state index is 5.04. The summed E-state index contributed by atoms with van der Waals surface area (Å²) in [6.45, 7) is 6.21. The largest absolute Gasteiger partial charge is 0.480 e. The van der Waals surface area contributed by atoms with Crippen molar-refractivity contribution < 1.29 is 4.74 Å². The minimum Gasteiger partial charge on any atom is -0.480 e. The van der Waals surface area contributed by atoms with Gasteiger partial charge in [-0.05, 0) is 19.3 Å². The Morgan fingerprint density at radius 2 is 2.23 bits per heavy atom. The first-order valence-corrected chi connectivity index (χ1v) is 4.56. The van der Waals surface area contributed by atoms with Gasteiger partial charge in [-0.2, -0.15) is 0 Å². The minimum atomic E-state index is 0.470. The van der Waals surface area contributed by atoms with Crippen molar-refractivity contribution in [1.29, 1.82) is 0 Å². The molecule has 1 rings (SSSR count). The summed E-state index contributed by atoms with van der Waals surface area (Å²) in [7, 11) is 1.61. The molecule has 0 unspecified atom stereocenters. The fourth-order valence-corrected chi connectivity index (χ4v) is 1.14. The summed E-state index contributed by atoms with van der Waals surface area (Å²) in [6, 6.07) is 0. The summed E-state index contributed by atoms with van der Waals surface area (Å²) in [5, 5.41) is 0. The zero-order valence-electron chi connectivity index (χ0n) is 8.66. The third-order valence-electron chi connectivity index (χ3n) is 2.23. The highest BCUT2D eigenvalue weighted by Gasteiger charge is 2.07. The van der Waals surface area contributed by atoms with Crippen LogP contribution in [0.5, 0.6) is 5.88 Å². The summed E-state index contributed by atoms with van der Waals surface area (Å²) < 4.78 is 5.04. The Kier molecular flexibility index (Phi) is 3.23. The van der Waals surface area contributed by atoms with Crippen LogP contribution in [0.2, 0.25) is 0 Å². The Morgan fingerprint density at radius 1 is 1.54 bits per heavy atom. The maximum Gasteiger partial charge on any atom is 0.235 e. The van der Waals surface area contributed by atoms with E-state index in [1.807, 2.05) is 6.92 Å². The molecule has 13 heavy (non-hydrogen) atoms. The molecule has 0 spiro atoms. The molecule has 1 atom stereocenters. The molecule has 0 fully saturated rings. The maximum atomic E-state index is 5.04. The number of aryl methyl sites for hydroxylation is 1. The number of aromatic nitrogens is 2. The second-order valence-electron chi connectivity index (χ2n) is 3.20. The third kappa shape index (κ3) is 2.17. The third-order valence-corrected chi connectivity index (χ3v) is 2.23. The van der Waals surface area contributed by atoms with Gasteiger partial charge in [-0.1, -0.05) is 13.8 Å². The van der Waals surface area contributed by atoms with Crippen LogP contribution in [0, 0.1) is 6.92 Å². The number of hydrogen-bond acceptors (Lipinski definition) is 3. The van der Waals surface area contributed by atoms with Crippen LogP contribution in [0.1, 0.15) is 37.6 Å². The predicted molar refractivity (Wildman–Crippen MR) is 52.0 cm³/mol. The van der Waals surface area contributed by atoms with Crippen molar-refractivity contribution in [3.8, 4) is 5.88 Å². The van der Waals surface area contributed by atoms with E-state index in [0.29, 0.717) is 11.8 Å². The van der Waals surface area contributed by atoms with Crippen LogP contribution < -0.4 is 4.74 Å². The average molecular weight is 180 g/mol. The number of ether oxygens (including phenoxy) is 1. The van der Waals surface area contributed by atoms with Crippen LogP contribution in [-0.4, -0.2) is 17.1 Å². The van der Waals surface area contributed by atoms with E-state index < -0.39 is 0 Å². The van der Waals surface area contributed by atoms with Crippen molar-refractivity contribution in [3.05, 3.63) is 17.6 Å². The number of hydrogen-bond donors (Lipinski definition) is 0. The zero-order valence-corrected chi connectivity index (χ0v) is 8.66. The molecule has 0 aliphatic rings. The van der Waals surface area contributed by atoms with Gasteiger partial charge in [0.1, 0.15) is 0 Å². The second kappa shape index (κ2) is 4.21. The predicted octanol–water partition coefficient (Wildman–Crippen LogP) is 2.31. The smallest absolute Gasteiger partial charge is 0.235 e. The van der Waals surface area contributed by atoms with Gasteiger partial charge in [0.05, 0.1) is 24.7 Å². The topological polar surface area (TPSA) is 35.0 Å². The van der Waals surface area contributed by atoms with E-state index in [-0.39, 0.29) is 0 Å². The Bertz CT molecular complexity index is 286. The molecular formula is C10H16N2O. The Labute approximate surface area is 79.2 Å². The van der Waals surface area contributed by atoms with Crippen molar-refractivity contribution in [2.75, 3.05) is 7.11 Å². The standard InChI is InChI=1S/C10H16N2O/c1-5-7(2)9-6-11-10(13-4)8(3)12-9/h6-7H,5H2,1-4H3/t7-/m1/s1. The first-order chi connectivity index (χ1) is 6.19. The molecule has 0 radical (unpaired) electrons. The molecule has 1 heterocycles. The average Bonchev–Trinajstić information content (AvgIpc) is 2.16. The SMILES string of the molecule is CC[C@@H](C)c1cnc(OC)c(C)n1. The molecule has 0 aliphatic heterocycles. The van der Waals surface area contributed by atoms with Gasteiger partial charge in [0.2, 0.25) is 5.88 Å². The highest BCUT2D eigenvalue weighted by molar-refractivity contribution is 5.19. The Morgan fingerprint density at radius 3 is 2.69 bits per heavy atom. The van der Waals surface area contributed by atoms with E-state index in [0.717, 1.165) is 17.8 Å². The quantitative estimate of drug-likeness (QED) is 0.716. The van der Waals surface area contributed by atoms with Gasteiger partial charge in [0, 0.05) is 0 Å². The number of nitrogens with zero attached hydrogens (tertiary/aromatic N) is 2. The van der Waals surface area contributed by atoms with Crippen molar-refractivity contribution in [2.24, 2.45) is 0 Å². The molecule has 0 N–H and O–H groups in total. The molecule has 0 amide bonds. The molecular weight excluding hydrogens is 164 g/mol. The minimum absolute atomic E-state index is 0.470. The molecule has 0 saturated carbocycles. The summed E-state index contributed by atoms with van der Waals surface area (Å²) in [5.41, 5.74) is 1.90. The number of rotatable bonds is 3. The van der Waals surface area contributed by atoms with Gasteiger partial charge >= 0.3 is 0 Å². The van der Waals surface area contributed by atoms with Gasteiger partial charge in [-0.3, -0.25) is 4.98 Å². The fraction of sp³-hybridized carbons (Fsp3) is 0.600. The molecule has 0 saturated heterocycles. The summed E-state index contributed by atoms with van der Waals surface area (Å²) in [6.07, 6.45) is 2.88. The summed E-state index contributed by atoms with van der Waals surface area (Å²) in [4.78, 5) is 8.61.